The predicted molar refractivity (Wildman–Crippen MR) is 96.7 cm³/mol. The molecule has 0 saturated carbocycles. The van der Waals surface area contributed by atoms with Gasteiger partial charge in [-0.2, -0.15) is 0 Å². The Morgan fingerprint density at radius 1 is 1.12 bits per heavy atom. The van der Waals surface area contributed by atoms with Crippen molar-refractivity contribution in [2.24, 2.45) is 0 Å². The Bertz CT molecular complexity index is 988. The van der Waals surface area contributed by atoms with E-state index in [-0.39, 0.29) is 17.5 Å². The zero-order valence-electron chi connectivity index (χ0n) is 14.1. The second-order valence-corrected chi connectivity index (χ2v) is 6.55. The van der Waals surface area contributed by atoms with Crippen LogP contribution in [-0.2, 0) is 0 Å². The average Bonchev–Trinajstić information content (AvgIpc) is 3.11. The Hall–Kier alpha value is -2.88. The van der Waals surface area contributed by atoms with E-state index >= 15 is 0 Å². The van der Waals surface area contributed by atoms with Crippen molar-refractivity contribution in [2.45, 2.75) is 25.8 Å². The summed E-state index contributed by atoms with van der Waals surface area (Å²) in [7, 11) is 0. The van der Waals surface area contributed by atoms with Gasteiger partial charge < -0.3 is 9.32 Å². The van der Waals surface area contributed by atoms with Gasteiger partial charge in [-0.25, -0.2) is 4.79 Å². The van der Waals surface area contributed by atoms with Crippen LogP contribution in [0, 0.1) is 6.92 Å². The van der Waals surface area contributed by atoms with Crippen LogP contribution >= 0.6 is 0 Å². The van der Waals surface area contributed by atoms with Gasteiger partial charge in [-0.05, 0) is 37.5 Å². The Morgan fingerprint density at radius 2 is 1.88 bits per heavy atom. The second kappa shape index (κ2) is 6.20. The smallest absolute Gasteiger partial charge is 0.349 e. The van der Waals surface area contributed by atoms with E-state index in [4.69, 9.17) is 4.42 Å². The summed E-state index contributed by atoms with van der Waals surface area (Å²) in [5.41, 5.74) is 2.34. The quantitative estimate of drug-likeness (QED) is 0.664. The Labute approximate surface area is 145 Å². The molecule has 0 aliphatic carbocycles. The van der Waals surface area contributed by atoms with E-state index in [1.807, 2.05) is 19.1 Å². The van der Waals surface area contributed by atoms with Gasteiger partial charge in [0.05, 0.1) is 6.04 Å². The predicted octanol–water partition coefficient (Wildman–Crippen LogP) is 4.08. The fourth-order valence-electron chi connectivity index (χ4n) is 3.51. The molecule has 3 aromatic rings. The topological polar surface area (TPSA) is 50.5 Å². The first-order chi connectivity index (χ1) is 12.1. The van der Waals surface area contributed by atoms with Crippen molar-refractivity contribution in [3.8, 4) is 0 Å². The molecule has 1 aliphatic heterocycles. The van der Waals surface area contributed by atoms with Crippen molar-refractivity contribution < 1.29 is 9.21 Å². The molecule has 1 fully saturated rings. The minimum absolute atomic E-state index is 0.0129. The lowest BCUT2D eigenvalue weighted by Gasteiger charge is -2.25. The number of carbonyl (C=O) groups is 1. The van der Waals surface area contributed by atoms with Crippen molar-refractivity contribution in [3.05, 3.63) is 81.7 Å². The van der Waals surface area contributed by atoms with Crippen molar-refractivity contribution in [2.75, 3.05) is 6.54 Å². The summed E-state index contributed by atoms with van der Waals surface area (Å²) in [4.78, 5) is 27.1. The number of nitrogens with zero attached hydrogens (tertiary/aromatic N) is 1. The molecule has 1 saturated heterocycles. The number of benzene rings is 2. The Kier molecular flexibility index (Phi) is 3.88. The molecule has 0 radical (unpaired) electrons. The van der Waals surface area contributed by atoms with Gasteiger partial charge in [-0.15, -0.1) is 0 Å². The van der Waals surface area contributed by atoms with Gasteiger partial charge in [-0.3, -0.25) is 4.79 Å². The molecule has 4 heteroatoms. The van der Waals surface area contributed by atoms with Gasteiger partial charge in [0.25, 0.3) is 5.91 Å². The fraction of sp³-hybridized carbons (Fsp3) is 0.238. The molecule has 1 aliphatic rings. The molecule has 2 heterocycles. The zero-order valence-corrected chi connectivity index (χ0v) is 14.1. The Balaban J connectivity index is 1.71. The molecule has 0 bridgehead atoms. The van der Waals surface area contributed by atoms with Crippen LogP contribution in [0.25, 0.3) is 11.0 Å². The SMILES string of the molecule is Cc1ccc(C2CCCN2C(=O)c2cc3ccccc3oc2=O)cc1. The minimum Gasteiger partial charge on any atom is -0.422 e. The number of rotatable bonds is 2. The van der Waals surface area contributed by atoms with Crippen LogP contribution in [0.3, 0.4) is 0 Å². The van der Waals surface area contributed by atoms with Crippen molar-refractivity contribution >= 4 is 16.9 Å². The summed E-state index contributed by atoms with van der Waals surface area (Å²) in [6.45, 7) is 2.70. The molecule has 1 aromatic heterocycles. The first-order valence-corrected chi connectivity index (χ1v) is 8.54. The highest BCUT2D eigenvalue weighted by Gasteiger charge is 2.32. The lowest BCUT2D eigenvalue weighted by molar-refractivity contribution is 0.0731. The summed E-state index contributed by atoms with van der Waals surface area (Å²) >= 11 is 0. The van der Waals surface area contributed by atoms with Gasteiger partial charge in [0.2, 0.25) is 0 Å². The van der Waals surface area contributed by atoms with E-state index in [0.717, 1.165) is 23.8 Å². The largest absolute Gasteiger partial charge is 0.422 e. The number of para-hydroxylation sites is 1. The third kappa shape index (κ3) is 2.84. The van der Waals surface area contributed by atoms with Crippen LogP contribution in [0.2, 0.25) is 0 Å². The van der Waals surface area contributed by atoms with Gasteiger partial charge in [-0.1, -0.05) is 48.0 Å². The van der Waals surface area contributed by atoms with Crippen molar-refractivity contribution in [1.82, 2.24) is 4.90 Å². The third-order valence-corrected chi connectivity index (χ3v) is 4.85. The summed E-state index contributed by atoms with van der Waals surface area (Å²) in [5, 5.41) is 0.761. The maximum Gasteiger partial charge on any atom is 0.349 e. The van der Waals surface area contributed by atoms with E-state index in [1.54, 1.807) is 23.1 Å². The maximum atomic E-state index is 13.0. The molecule has 4 nitrogen and oxygen atoms in total. The van der Waals surface area contributed by atoms with Crippen LogP contribution in [0.5, 0.6) is 0 Å². The van der Waals surface area contributed by atoms with Gasteiger partial charge >= 0.3 is 5.63 Å². The monoisotopic (exact) mass is 333 g/mol. The number of carbonyl (C=O) groups excluding carboxylic acids is 1. The molecular formula is C21H19NO3. The van der Waals surface area contributed by atoms with E-state index in [1.165, 1.54) is 5.56 Å². The highest BCUT2D eigenvalue weighted by atomic mass is 16.4. The third-order valence-electron chi connectivity index (χ3n) is 4.85. The van der Waals surface area contributed by atoms with Crippen LogP contribution in [0.15, 0.2) is 63.8 Å². The highest BCUT2D eigenvalue weighted by Crippen LogP contribution is 2.33. The summed E-state index contributed by atoms with van der Waals surface area (Å²) in [6.07, 6.45) is 1.84. The standard InChI is InChI=1S/C21H19NO3/c1-14-8-10-15(11-9-14)18-6-4-12-22(18)20(23)17-13-16-5-2-3-7-19(16)25-21(17)24/h2-3,5,7-11,13,18H,4,6,12H2,1H3. The number of likely N-dealkylation sites (tertiary alicyclic amines) is 1. The van der Waals surface area contributed by atoms with E-state index in [0.29, 0.717) is 12.1 Å². The first-order valence-electron chi connectivity index (χ1n) is 8.54. The maximum absolute atomic E-state index is 13.0. The molecule has 2 aromatic carbocycles. The number of aryl methyl sites for hydroxylation is 1. The van der Waals surface area contributed by atoms with E-state index in [9.17, 15) is 9.59 Å². The molecule has 126 valence electrons. The van der Waals surface area contributed by atoms with Crippen LogP contribution in [0.4, 0.5) is 0 Å². The number of hydrogen-bond donors (Lipinski definition) is 0. The molecule has 1 unspecified atom stereocenters. The van der Waals surface area contributed by atoms with Crippen LogP contribution in [0.1, 0.15) is 40.4 Å². The van der Waals surface area contributed by atoms with Crippen molar-refractivity contribution in [1.29, 1.82) is 0 Å². The fourth-order valence-corrected chi connectivity index (χ4v) is 3.51. The molecule has 1 amide bonds. The average molecular weight is 333 g/mol. The number of hydrogen-bond acceptors (Lipinski definition) is 3. The van der Waals surface area contributed by atoms with Crippen LogP contribution < -0.4 is 5.63 Å². The lowest BCUT2D eigenvalue weighted by Crippen LogP contribution is -2.33. The van der Waals surface area contributed by atoms with Gasteiger partial charge in [0.15, 0.2) is 0 Å². The molecule has 0 N–H and O–H groups in total. The summed E-state index contributed by atoms with van der Waals surface area (Å²) in [5.74, 6) is -0.248. The molecule has 0 spiro atoms. The molecule has 25 heavy (non-hydrogen) atoms. The highest BCUT2D eigenvalue weighted by molar-refractivity contribution is 5.97. The summed E-state index contributed by atoms with van der Waals surface area (Å²) < 4.78 is 5.33. The van der Waals surface area contributed by atoms with Crippen molar-refractivity contribution in [3.63, 3.8) is 0 Å². The lowest BCUT2D eigenvalue weighted by atomic mass is 10.0. The number of amides is 1. The minimum atomic E-state index is -0.571. The number of fused-ring (bicyclic) bond motifs is 1. The van der Waals surface area contributed by atoms with Gasteiger partial charge in [0.1, 0.15) is 11.1 Å². The molecule has 4 rings (SSSR count). The van der Waals surface area contributed by atoms with E-state index in [2.05, 4.69) is 24.3 Å². The first kappa shape index (κ1) is 15.6. The van der Waals surface area contributed by atoms with E-state index < -0.39 is 5.63 Å². The molecule has 1 atom stereocenters. The van der Waals surface area contributed by atoms with Gasteiger partial charge in [0, 0.05) is 11.9 Å². The summed E-state index contributed by atoms with van der Waals surface area (Å²) in [6, 6.07) is 17.1. The second-order valence-electron chi connectivity index (χ2n) is 6.55. The Morgan fingerprint density at radius 3 is 2.68 bits per heavy atom. The zero-order chi connectivity index (χ0) is 17.4. The normalized spacial score (nSPS) is 17.2. The molecular weight excluding hydrogens is 314 g/mol. The van der Waals surface area contributed by atoms with Crippen LogP contribution in [-0.4, -0.2) is 17.4 Å².